The molecule has 0 aromatic heterocycles. The Morgan fingerprint density at radius 1 is 1.35 bits per heavy atom. The van der Waals surface area contributed by atoms with E-state index in [1.165, 1.54) is 0 Å². The van der Waals surface area contributed by atoms with Crippen molar-refractivity contribution in [1.29, 1.82) is 0 Å². The smallest absolute Gasteiger partial charge is 0.161 e. The number of hydrogen-bond acceptors (Lipinski definition) is 4. The lowest BCUT2D eigenvalue weighted by atomic mass is 10.2. The van der Waals surface area contributed by atoms with E-state index in [0.717, 1.165) is 17.1 Å². The van der Waals surface area contributed by atoms with E-state index in [-0.39, 0.29) is 18.5 Å². The molecule has 114 valence electrons. The van der Waals surface area contributed by atoms with Crippen LogP contribution in [-0.4, -0.2) is 31.0 Å². The molecular formula is C15H24ClNO3. The lowest BCUT2D eigenvalue weighted by Gasteiger charge is -2.13. The third kappa shape index (κ3) is 6.80. The molecule has 0 heterocycles. The van der Waals surface area contributed by atoms with E-state index in [0.29, 0.717) is 26.3 Å². The lowest BCUT2D eigenvalue weighted by molar-refractivity contribution is 0.191. The fourth-order valence-corrected chi connectivity index (χ4v) is 1.62. The summed E-state index contributed by atoms with van der Waals surface area (Å²) in [5.41, 5.74) is 1.09. The van der Waals surface area contributed by atoms with Crippen LogP contribution in [0.25, 0.3) is 0 Å². The lowest BCUT2D eigenvalue weighted by Crippen LogP contribution is -2.23. The van der Waals surface area contributed by atoms with Crippen molar-refractivity contribution in [3.05, 3.63) is 36.4 Å². The number of nitrogens with one attached hydrogen (secondary N) is 1. The average molecular weight is 302 g/mol. The van der Waals surface area contributed by atoms with E-state index in [4.69, 9.17) is 9.47 Å². The molecule has 0 amide bonds. The number of aliphatic hydroxyl groups excluding tert-OH is 1. The van der Waals surface area contributed by atoms with E-state index in [1.807, 2.05) is 25.1 Å². The minimum absolute atomic E-state index is 0. The Morgan fingerprint density at radius 2 is 2.10 bits per heavy atom. The second-order valence-electron chi connectivity index (χ2n) is 4.29. The highest BCUT2D eigenvalue weighted by molar-refractivity contribution is 5.85. The molecule has 0 fully saturated rings. The summed E-state index contributed by atoms with van der Waals surface area (Å²) < 4.78 is 11.1. The first-order valence-electron chi connectivity index (χ1n) is 6.55. The maximum Gasteiger partial charge on any atom is 0.161 e. The number of hydrogen-bond donors (Lipinski definition) is 2. The molecule has 0 aliphatic heterocycles. The van der Waals surface area contributed by atoms with Gasteiger partial charge in [0, 0.05) is 13.1 Å². The first-order chi connectivity index (χ1) is 9.17. The molecule has 1 aromatic rings. The van der Waals surface area contributed by atoms with Gasteiger partial charge in [-0.25, -0.2) is 0 Å². The van der Waals surface area contributed by atoms with Crippen LogP contribution in [0.4, 0.5) is 0 Å². The zero-order chi connectivity index (χ0) is 14.1. The summed E-state index contributed by atoms with van der Waals surface area (Å²) in [7, 11) is 0. The summed E-state index contributed by atoms with van der Waals surface area (Å²) in [6.07, 6.45) is 1.36. The predicted molar refractivity (Wildman–Crippen MR) is 83.9 cm³/mol. The van der Waals surface area contributed by atoms with Gasteiger partial charge in [-0.3, -0.25) is 0 Å². The summed E-state index contributed by atoms with van der Waals surface area (Å²) in [5, 5.41) is 12.4. The molecule has 0 radical (unpaired) electrons. The van der Waals surface area contributed by atoms with Crippen molar-refractivity contribution in [1.82, 2.24) is 5.32 Å². The molecule has 0 saturated carbocycles. The number of ether oxygens (including phenoxy) is 2. The molecular weight excluding hydrogens is 278 g/mol. The molecule has 1 atom stereocenters. The second kappa shape index (κ2) is 10.5. The quantitative estimate of drug-likeness (QED) is 0.688. The maximum absolute atomic E-state index is 9.19. The molecule has 4 nitrogen and oxygen atoms in total. The highest BCUT2D eigenvalue weighted by Gasteiger charge is 2.06. The van der Waals surface area contributed by atoms with Crippen LogP contribution in [-0.2, 0) is 6.54 Å². The van der Waals surface area contributed by atoms with Crippen molar-refractivity contribution in [2.24, 2.45) is 0 Å². The number of aliphatic hydroxyl groups is 1. The molecule has 0 aliphatic rings. The van der Waals surface area contributed by atoms with Crippen LogP contribution in [0.5, 0.6) is 11.5 Å². The molecule has 0 aliphatic carbocycles. The zero-order valence-electron chi connectivity index (χ0n) is 12.1. The van der Waals surface area contributed by atoms with Gasteiger partial charge in [0.15, 0.2) is 11.5 Å². The van der Waals surface area contributed by atoms with Gasteiger partial charge in [0.1, 0.15) is 6.61 Å². The van der Waals surface area contributed by atoms with Gasteiger partial charge in [-0.15, -0.1) is 12.4 Å². The monoisotopic (exact) mass is 301 g/mol. The van der Waals surface area contributed by atoms with Gasteiger partial charge >= 0.3 is 0 Å². The van der Waals surface area contributed by atoms with Crippen LogP contribution in [0.15, 0.2) is 30.9 Å². The highest BCUT2D eigenvalue weighted by atomic mass is 35.5. The fourth-order valence-electron chi connectivity index (χ4n) is 1.62. The van der Waals surface area contributed by atoms with Crippen molar-refractivity contribution in [2.75, 3.05) is 19.8 Å². The SMILES string of the molecule is C=CCOc1ccc(CNCC(C)O)cc1OCC.Cl. The van der Waals surface area contributed by atoms with Gasteiger partial charge < -0.3 is 19.9 Å². The molecule has 0 saturated heterocycles. The topological polar surface area (TPSA) is 50.7 Å². The molecule has 1 aromatic carbocycles. The van der Waals surface area contributed by atoms with Gasteiger partial charge in [0.2, 0.25) is 0 Å². The van der Waals surface area contributed by atoms with Crippen molar-refractivity contribution in [3.8, 4) is 11.5 Å². The summed E-state index contributed by atoms with van der Waals surface area (Å²) in [6, 6.07) is 5.83. The van der Waals surface area contributed by atoms with Crippen LogP contribution in [0.3, 0.4) is 0 Å². The first-order valence-corrected chi connectivity index (χ1v) is 6.55. The number of benzene rings is 1. The van der Waals surface area contributed by atoms with Gasteiger partial charge in [-0.1, -0.05) is 18.7 Å². The zero-order valence-corrected chi connectivity index (χ0v) is 12.9. The Kier molecular flexibility index (Phi) is 9.90. The van der Waals surface area contributed by atoms with E-state index in [2.05, 4.69) is 11.9 Å². The molecule has 1 unspecified atom stereocenters. The van der Waals surface area contributed by atoms with Gasteiger partial charge in [-0.2, -0.15) is 0 Å². The van der Waals surface area contributed by atoms with Crippen LogP contribution in [0.2, 0.25) is 0 Å². The largest absolute Gasteiger partial charge is 0.490 e. The van der Waals surface area contributed by atoms with Crippen molar-refractivity contribution in [2.45, 2.75) is 26.5 Å². The van der Waals surface area contributed by atoms with Crippen LogP contribution in [0, 0.1) is 0 Å². The molecule has 0 bridgehead atoms. The van der Waals surface area contributed by atoms with E-state index >= 15 is 0 Å². The standard InChI is InChI=1S/C15H23NO3.ClH/c1-4-8-19-14-7-6-13(9-15(14)18-5-2)11-16-10-12(3)17;/h4,6-7,9,12,16-17H,1,5,8,10-11H2,2-3H3;1H. The Morgan fingerprint density at radius 3 is 2.70 bits per heavy atom. The van der Waals surface area contributed by atoms with Crippen molar-refractivity contribution >= 4 is 12.4 Å². The Bertz CT molecular complexity index is 397. The van der Waals surface area contributed by atoms with Crippen LogP contribution < -0.4 is 14.8 Å². The maximum atomic E-state index is 9.19. The minimum atomic E-state index is -0.346. The Hall–Kier alpha value is -1.23. The molecule has 20 heavy (non-hydrogen) atoms. The summed E-state index contributed by atoms with van der Waals surface area (Å²) in [6.45, 7) is 9.63. The average Bonchev–Trinajstić information content (AvgIpc) is 2.38. The van der Waals surface area contributed by atoms with Gasteiger partial charge in [0.05, 0.1) is 12.7 Å². The van der Waals surface area contributed by atoms with E-state index in [9.17, 15) is 5.11 Å². The van der Waals surface area contributed by atoms with E-state index in [1.54, 1.807) is 13.0 Å². The minimum Gasteiger partial charge on any atom is -0.490 e. The molecule has 0 spiro atoms. The molecule has 5 heteroatoms. The molecule has 1 rings (SSSR count). The third-order valence-electron chi connectivity index (χ3n) is 2.43. The van der Waals surface area contributed by atoms with Crippen LogP contribution in [0.1, 0.15) is 19.4 Å². The third-order valence-corrected chi connectivity index (χ3v) is 2.43. The van der Waals surface area contributed by atoms with Crippen molar-refractivity contribution in [3.63, 3.8) is 0 Å². The van der Waals surface area contributed by atoms with Gasteiger partial charge in [0.25, 0.3) is 0 Å². The number of rotatable bonds is 9. The Balaban J connectivity index is 0.00000361. The highest BCUT2D eigenvalue weighted by Crippen LogP contribution is 2.28. The normalized spacial score (nSPS) is 11.3. The van der Waals surface area contributed by atoms with Crippen LogP contribution >= 0.6 is 12.4 Å². The summed E-state index contributed by atoms with van der Waals surface area (Å²) in [5.74, 6) is 1.46. The first kappa shape index (κ1) is 18.8. The van der Waals surface area contributed by atoms with Crippen molar-refractivity contribution < 1.29 is 14.6 Å². The summed E-state index contributed by atoms with van der Waals surface area (Å²) in [4.78, 5) is 0. The summed E-state index contributed by atoms with van der Waals surface area (Å²) >= 11 is 0. The number of halogens is 1. The Labute approximate surface area is 127 Å². The second-order valence-corrected chi connectivity index (χ2v) is 4.29. The van der Waals surface area contributed by atoms with Gasteiger partial charge in [-0.05, 0) is 31.5 Å². The molecule has 2 N–H and O–H groups in total. The van der Waals surface area contributed by atoms with E-state index < -0.39 is 0 Å². The predicted octanol–water partition coefficient (Wildman–Crippen LogP) is 2.54. The fraction of sp³-hybridized carbons (Fsp3) is 0.467.